The number of benzene rings is 3. The molecule has 4 aromatic rings. The number of fused-ring (bicyclic) bond motifs is 3. The molecule has 1 heterocycles. The number of hydrogen-bond acceptors (Lipinski definition) is 4. The van der Waals surface area contributed by atoms with Gasteiger partial charge in [0.25, 0.3) is 0 Å². The van der Waals surface area contributed by atoms with Crippen LogP contribution in [-0.4, -0.2) is 20.9 Å². The number of aliphatic hydroxyl groups is 1. The van der Waals surface area contributed by atoms with Gasteiger partial charge in [-0.25, -0.2) is 4.98 Å². The van der Waals surface area contributed by atoms with Crippen molar-refractivity contribution in [2.45, 2.75) is 115 Å². The molecule has 5 heteroatoms. The van der Waals surface area contributed by atoms with Gasteiger partial charge in [-0.1, -0.05) is 99.1 Å². The molecule has 0 saturated heterocycles. The number of ketones is 1. The molecule has 0 unspecified atom stereocenters. The van der Waals surface area contributed by atoms with Crippen LogP contribution in [0, 0.1) is 44.6 Å². The summed E-state index contributed by atoms with van der Waals surface area (Å²) in [5, 5.41) is 13.7. The average Bonchev–Trinajstić information content (AvgIpc) is 2.99. The molecule has 0 aliphatic carbocycles. The third kappa shape index (κ3) is 8.29. The van der Waals surface area contributed by atoms with Gasteiger partial charge < -0.3 is 5.11 Å². The first kappa shape index (κ1) is 38.3. The molecule has 45 heavy (non-hydrogen) atoms. The minimum atomic E-state index is -0.337. The molecule has 0 atom stereocenters. The Labute approximate surface area is 285 Å². The Morgan fingerprint density at radius 1 is 0.867 bits per heavy atom. The van der Waals surface area contributed by atoms with Gasteiger partial charge in [0.1, 0.15) is 11.6 Å². The van der Waals surface area contributed by atoms with Crippen molar-refractivity contribution in [2.24, 2.45) is 10.8 Å². The molecule has 0 aliphatic rings. The summed E-state index contributed by atoms with van der Waals surface area (Å²) in [6.07, 6.45) is 4.75. The van der Waals surface area contributed by atoms with Gasteiger partial charge in [0, 0.05) is 48.3 Å². The average molecular weight is 786 g/mol. The molecule has 0 saturated carbocycles. The van der Waals surface area contributed by atoms with Crippen LogP contribution in [0.3, 0.4) is 0 Å². The van der Waals surface area contributed by atoms with Crippen LogP contribution in [-0.2, 0) is 24.9 Å². The molecule has 4 rings (SSSR count). The smallest absolute Gasteiger partial charge is 0.164 e. The van der Waals surface area contributed by atoms with Crippen LogP contribution in [0.25, 0.3) is 32.9 Å². The van der Waals surface area contributed by atoms with E-state index in [1.807, 2.05) is 47.6 Å². The van der Waals surface area contributed by atoms with E-state index < -0.39 is 0 Å². The monoisotopic (exact) mass is 786 g/mol. The third-order valence-electron chi connectivity index (χ3n) is 9.78. The zero-order valence-electron chi connectivity index (χ0n) is 29.5. The van der Waals surface area contributed by atoms with Crippen molar-refractivity contribution in [2.75, 3.05) is 0 Å². The summed E-state index contributed by atoms with van der Waals surface area (Å²) in [5.41, 5.74) is 7.46. The molecular formula is C40H53IrN2O2-. The Morgan fingerprint density at radius 2 is 1.44 bits per heavy atom. The van der Waals surface area contributed by atoms with Crippen LogP contribution in [0.4, 0.5) is 0 Å². The fourth-order valence-corrected chi connectivity index (χ4v) is 5.61. The van der Waals surface area contributed by atoms with E-state index in [2.05, 4.69) is 77.9 Å². The number of carbonyl (C=O) groups is 1. The van der Waals surface area contributed by atoms with Gasteiger partial charge in [0.15, 0.2) is 5.78 Å². The van der Waals surface area contributed by atoms with Gasteiger partial charge in [-0.05, 0) is 61.6 Å². The Morgan fingerprint density at radius 3 is 1.98 bits per heavy atom. The van der Waals surface area contributed by atoms with Gasteiger partial charge >= 0.3 is 0 Å². The number of aryl methyl sites for hydroxylation is 4. The van der Waals surface area contributed by atoms with Crippen molar-refractivity contribution in [1.29, 1.82) is 0 Å². The Bertz CT molecular complexity index is 1680. The third-order valence-corrected chi connectivity index (χ3v) is 9.78. The fraction of sp³-hybridized carbons (Fsp3) is 0.475. The predicted octanol–water partition coefficient (Wildman–Crippen LogP) is 11.3. The summed E-state index contributed by atoms with van der Waals surface area (Å²) in [6.45, 7) is 24.9. The van der Waals surface area contributed by atoms with E-state index in [0.29, 0.717) is 0 Å². The van der Waals surface area contributed by atoms with Crippen LogP contribution >= 0.6 is 0 Å². The number of nitrogens with zero attached hydrogens (tertiary/aromatic N) is 2. The molecule has 1 N–H and O–H groups in total. The van der Waals surface area contributed by atoms with E-state index in [0.717, 1.165) is 53.7 Å². The summed E-state index contributed by atoms with van der Waals surface area (Å²) in [6, 6.07) is 16.5. The number of carbonyl (C=O) groups excluding carboxylic acids is 1. The molecule has 245 valence electrons. The molecule has 0 spiro atoms. The zero-order chi connectivity index (χ0) is 33.0. The quantitative estimate of drug-likeness (QED) is 0.0794. The number of aliphatic hydroxyl groups excluding tert-OH is 1. The minimum absolute atomic E-state index is 0. The SMILES string of the molecule is CCC(C)(CC)C(=O)/C=C(\O)C(C)(CC)CC.Cc1c[c-]c(-c2nc(C(C)C)nc3c2ccc2cc(C)cc(C)c23)c(C)c1.[Ir]. The molecule has 0 aliphatic heterocycles. The van der Waals surface area contributed by atoms with E-state index in [1.54, 1.807) is 0 Å². The van der Waals surface area contributed by atoms with Crippen molar-refractivity contribution in [3.05, 3.63) is 82.4 Å². The van der Waals surface area contributed by atoms with E-state index in [-0.39, 0.29) is 48.4 Å². The Balaban J connectivity index is 0.000000343. The van der Waals surface area contributed by atoms with E-state index >= 15 is 0 Å². The van der Waals surface area contributed by atoms with E-state index in [9.17, 15) is 9.90 Å². The minimum Gasteiger partial charge on any atom is -0.512 e. The maximum Gasteiger partial charge on any atom is 0.164 e. The second kappa shape index (κ2) is 15.6. The van der Waals surface area contributed by atoms with Crippen LogP contribution in [0.1, 0.15) is 115 Å². The number of hydrogen-bond donors (Lipinski definition) is 1. The van der Waals surface area contributed by atoms with Crippen molar-refractivity contribution in [1.82, 2.24) is 9.97 Å². The Hall–Kier alpha value is -2.88. The summed E-state index contributed by atoms with van der Waals surface area (Å²) >= 11 is 0. The number of allylic oxidation sites excluding steroid dienone is 2. The summed E-state index contributed by atoms with van der Waals surface area (Å²) in [7, 11) is 0. The predicted molar refractivity (Wildman–Crippen MR) is 187 cm³/mol. The van der Waals surface area contributed by atoms with Gasteiger partial charge in [0.2, 0.25) is 0 Å². The summed E-state index contributed by atoms with van der Waals surface area (Å²) in [4.78, 5) is 22.2. The first-order chi connectivity index (χ1) is 20.6. The van der Waals surface area contributed by atoms with Gasteiger partial charge in [-0.3, -0.25) is 9.78 Å². The molecule has 4 nitrogen and oxygen atoms in total. The fourth-order valence-electron chi connectivity index (χ4n) is 5.61. The summed E-state index contributed by atoms with van der Waals surface area (Å²) < 4.78 is 0. The van der Waals surface area contributed by atoms with Gasteiger partial charge in [-0.15, -0.1) is 34.9 Å². The standard InChI is InChI=1S/C25H25N2.C15H28O2.Ir/c1-14(2)25-26-23(20-9-7-15(3)11-17(20)5)21-10-8-19-13-16(4)12-18(6)22(19)24(21)27-25;1-7-14(5,8-2)12(16)11-13(17)15(6,9-3)10-4;/h7-8,10-14H,1-6H3;11,16H,7-10H2,1-6H3;/q-1;;/b;12-11-;. The maximum atomic E-state index is 12.2. The van der Waals surface area contributed by atoms with Crippen molar-refractivity contribution < 1.29 is 30.0 Å². The second-order valence-corrected chi connectivity index (χ2v) is 13.4. The van der Waals surface area contributed by atoms with E-state index in [4.69, 9.17) is 9.97 Å². The van der Waals surface area contributed by atoms with Crippen LogP contribution < -0.4 is 0 Å². The van der Waals surface area contributed by atoms with Crippen molar-refractivity contribution >= 4 is 27.5 Å². The first-order valence-corrected chi connectivity index (χ1v) is 16.3. The molecule has 3 aromatic carbocycles. The first-order valence-electron chi connectivity index (χ1n) is 16.3. The normalized spacial score (nSPS) is 12.2. The van der Waals surface area contributed by atoms with Crippen LogP contribution in [0.15, 0.2) is 48.2 Å². The van der Waals surface area contributed by atoms with E-state index in [1.165, 1.54) is 39.1 Å². The van der Waals surface area contributed by atoms with Gasteiger partial charge in [0.05, 0.1) is 5.52 Å². The van der Waals surface area contributed by atoms with Crippen LogP contribution in [0.5, 0.6) is 0 Å². The second-order valence-electron chi connectivity index (χ2n) is 13.4. The molecule has 0 amide bonds. The van der Waals surface area contributed by atoms with Crippen molar-refractivity contribution in [3.63, 3.8) is 0 Å². The maximum absolute atomic E-state index is 12.2. The molecular weight excluding hydrogens is 733 g/mol. The molecule has 1 aromatic heterocycles. The van der Waals surface area contributed by atoms with Crippen molar-refractivity contribution in [3.8, 4) is 11.3 Å². The topological polar surface area (TPSA) is 63.1 Å². The molecule has 0 fully saturated rings. The van der Waals surface area contributed by atoms with Crippen LogP contribution in [0.2, 0.25) is 0 Å². The Kier molecular flexibility index (Phi) is 13.3. The molecule has 0 bridgehead atoms. The zero-order valence-corrected chi connectivity index (χ0v) is 31.9. The number of rotatable bonds is 9. The largest absolute Gasteiger partial charge is 0.512 e. The van der Waals surface area contributed by atoms with Gasteiger partial charge in [-0.2, -0.15) is 0 Å². The number of aromatic nitrogens is 2. The molecule has 1 radical (unpaired) electrons. The summed E-state index contributed by atoms with van der Waals surface area (Å²) in [5.74, 6) is 1.44.